The Kier molecular flexibility index (Phi) is 6.20. The molecule has 0 aromatic heterocycles. The topological polar surface area (TPSA) is 21.6 Å². The zero-order valence-electron chi connectivity index (χ0n) is 14.0. The molecule has 0 N–H and O–H groups in total. The summed E-state index contributed by atoms with van der Waals surface area (Å²) in [5, 5.41) is 1.96. The molecule has 0 saturated carbocycles. The van der Waals surface area contributed by atoms with E-state index >= 15 is 0 Å². The molecule has 0 aliphatic heterocycles. The summed E-state index contributed by atoms with van der Waals surface area (Å²) in [6.07, 6.45) is 1.72. The van der Waals surface area contributed by atoms with Crippen LogP contribution < -0.4 is 4.74 Å². The molecule has 3 rings (SSSR count). The van der Waals surface area contributed by atoms with Crippen molar-refractivity contribution >= 4 is 46.7 Å². The normalized spacial score (nSPS) is 11.1. The maximum Gasteiger partial charge on any atom is 0.128 e. The van der Waals surface area contributed by atoms with Crippen LogP contribution in [0.4, 0.5) is 5.69 Å². The van der Waals surface area contributed by atoms with Crippen LogP contribution in [0.25, 0.3) is 0 Å². The Morgan fingerprint density at radius 2 is 1.73 bits per heavy atom. The number of benzene rings is 3. The summed E-state index contributed by atoms with van der Waals surface area (Å²) in [5.74, 6) is 0.677. The van der Waals surface area contributed by atoms with E-state index in [0.717, 1.165) is 22.4 Å². The van der Waals surface area contributed by atoms with E-state index in [-0.39, 0.29) is 0 Å². The molecule has 0 unspecified atom stereocenters. The van der Waals surface area contributed by atoms with Crippen LogP contribution in [0.3, 0.4) is 0 Å². The van der Waals surface area contributed by atoms with Crippen molar-refractivity contribution < 1.29 is 4.74 Å². The first-order valence-corrected chi connectivity index (χ1v) is 9.12. The average molecular weight is 405 g/mol. The highest BCUT2D eigenvalue weighted by Crippen LogP contribution is 2.26. The third-order valence-electron chi connectivity index (χ3n) is 3.82. The lowest BCUT2D eigenvalue weighted by Gasteiger charge is -2.10. The molecular weight excluding hydrogens is 389 g/mol. The molecule has 26 heavy (non-hydrogen) atoms. The van der Waals surface area contributed by atoms with Crippen LogP contribution in [0.1, 0.15) is 16.7 Å². The summed E-state index contributed by atoms with van der Waals surface area (Å²) >= 11 is 18.5. The number of hydrogen-bond acceptors (Lipinski definition) is 2. The van der Waals surface area contributed by atoms with Gasteiger partial charge in [0, 0.05) is 32.4 Å². The van der Waals surface area contributed by atoms with Gasteiger partial charge in [0.25, 0.3) is 0 Å². The predicted molar refractivity (Wildman–Crippen MR) is 111 cm³/mol. The van der Waals surface area contributed by atoms with E-state index < -0.39 is 0 Å². The third kappa shape index (κ3) is 4.79. The smallest absolute Gasteiger partial charge is 0.128 e. The van der Waals surface area contributed by atoms with Crippen LogP contribution in [-0.4, -0.2) is 6.21 Å². The van der Waals surface area contributed by atoms with Gasteiger partial charge >= 0.3 is 0 Å². The lowest BCUT2D eigenvalue weighted by Crippen LogP contribution is -1.99. The molecule has 0 aliphatic rings. The average Bonchev–Trinajstić information content (AvgIpc) is 2.63. The highest BCUT2D eigenvalue weighted by Gasteiger charge is 2.06. The number of ether oxygens (including phenoxy) is 1. The van der Waals surface area contributed by atoms with Crippen molar-refractivity contribution in [2.24, 2.45) is 4.99 Å². The monoisotopic (exact) mass is 403 g/mol. The van der Waals surface area contributed by atoms with E-state index in [4.69, 9.17) is 39.5 Å². The molecule has 5 heteroatoms. The van der Waals surface area contributed by atoms with Gasteiger partial charge in [0.1, 0.15) is 12.4 Å². The van der Waals surface area contributed by atoms with E-state index in [2.05, 4.69) is 4.99 Å². The number of halogens is 3. The Morgan fingerprint density at radius 1 is 0.923 bits per heavy atom. The molecule has 0 aliphatic carbocycles. The number of aliphatic imine (C=N–C) groups is 1. The lowest BCUT2D eigenvalue weighted by atomic mass is 10.2. The molecule has 0 bridgehead atoms. The molecule has 2 nitrogen and oxygen atoms in total. The largest absolute Gasteiger partial charge is 0.488 e. The van der Waals surface area contributed by atoms with Crippen LogP contribution in [-0.2, 0) is 6.61 Å². The Balaban J connectivity index is 1.82. The van der Waals surface area contributed by atoms with E-state index in [0.29, 0.717) is 27.4 Å². The van der Waals surface area contributed by atoms with E-state index in [1.807, 2.05) is 61.5 Å². The first-order valence-electron chi connectivity index (χ1n) is 7.99. The maximum absolute atomic E-state index is 6.18. The van der Waals surface area contributed by atoms with Gasteiger partial charge in [0.05, 0.1) is 5.69 Å². The van der Waals surface area contributed by atoms with Crippen molar-refractivity contribution in [2.75, 3.05) is 0 Å². The number of aryl methyl sites for hydroxylation is 1. The molecule has 132 valence electrons. The predicted octanol–water partition coefficient (Wildman–Crippen LogP) is 7.28. The van der Waals surface area contributed by atoms with Gasteiger partial charge in [-0.15, -0.1) is 0 Å². The fourth-order valence-corrected chi connectivity index (χ4v) is 2.87. The van der Waals surface area contributed by atoms with Crippen molar-refractivity contribution in [1.82, 2.24) is 0 Å². The van der Waals surface area contributed by atoms with Gasteiger partial charge in [-0.25, -0.2) is 0 Å². The number of rotatable bonds is 5. The molecule has 3 aromatic carbocycles. The molecule has 0 atom stereocenters. The fourth-order valence-electron chi connectivity index (χ4n) is 2.33. The van der Waals surface area contributed by atoms with E-state index in [9.17, 15) is 0 Å². The molecule has 0 radical (unpaired) electrons. The molecule has 0 spiro atoms. The van der Waals surface area contributed by atoms with Crippen LogP contribution in [0.5, 0.6) is 5.75 Å². The zero-order chi connectivity index (χ0) is 18.5. The Morgan fingerprint density at radius 3 is 2.50 bits per heavy atom. The van der Waals surface area contributed by atoms with Crippen LogP contribution in [0, 0.1) is 6.92 Å². The Labute approximate surface area is 168 Å². The molecule has 0 fully saturated rings. The van der Waals surface area contributed by atoms with Crippen molar-refractivity contribution in [3.05, 3.63) is 92.4 Å². The second-order valence-electron chi connectivity index (χ2n) is 5.75. The van der Waals surface area contributed by atoms with E-state index in [1.54, 1.807) is 12.3 Å². The third-order valence-corrected chi connectivity index (χ3v) is 4.83. The molecule has 3 aromatic rings. The van der Waals surface area contributed by atoms with Crippen molar-refractivity contribution in [2.45, 2.75) is 13.5 Å². The van der Waals surface area contributed by atoms with Crippen LogP contribution >= 0.6 is 34.8 Å². The Hall–Kier alpha value is -2.00. The van der Waals surface area contributed by atoms with Gasteiger partial charge < -0.3 is 4.74 Å². The van der Waals surface area contributed by atoms with Gasteiger partial charge in [-0.1, -0.05) is 59.1 Å². The zero-order valence-corrected chi connectivity index (χ0v) is 16.3. The minimum Gasteiger partial charge on any atom is -0.488 e. The highest BCUT2D eigenvalue weighted by atomic mass is 35.5. The summed E-state index contributed by atoms with van der Waals surface area (Å²) in [5.41, 5.74) is 3.47. The van der Waals surface area contributed by atoms with Gasteiger partial charge in [-0.3, -0.25) is 4.99 Å². The first kappa shape index (κ1) is 18.8. The van der Waals surface area contributed by atoms with Gasteiger partial charge in [0.2, 0.25) is 0 Å². The first-order chi connectivity index (χ1) is 12.5. The van der Waals surface area contributed by atoms with Gasteiger partial charge in [-0.05, 0) is 48.9 Å². The minimum atomic E-state index is 0.360. The lowest BCUT2D eigenvalue weighted by molar-refractivity contribution is 0.306. The van der Waals surface area contributed by atoms with Crippen LogP contribution in [0.2, 0.25) is 15.1 Å². The van der Waals surface area contributed by atoms with Crippen LogP contribution in [0.15, 0.2) is 65.7 Å². The van der Waals surface area contributed by atoms with Crippen molar-refractivity contribution in [3.63, 3.8) is 0 Å². The number of hydrogen-bond donors (Lipinski definition) is 0. The molecule has 0 amide bonds. The highest BCUT2D eigenvalue weighted by molar-refractivity contribution is 6.32. The summed E-state index contributed by atoms with van der Waals surface area (Å²) in [7, 11) is 0. The summed E-state index contributed by atoms with van der Waals surface area (Å²) in [4.78, 5) is 4.48. The summed E-state index contributed by atoms with van der Waals surface area (Å²) in [6.45, 7) is 2.31. The van der Waals surface area contributed by atoms with Crippen molar-refractivity contribution in [1.29, 1.82) is 0 Å². The standard InChI is InChI=1S/C21H16Cl3NO/c1-14-6-8-18(11-20(14)24)25-12-16-10-17(22)7-9-21(16)26-13-15-4-2-3-5-19(15)23/h2-12H,13H2,1H3. The van der Waals surface area contributed by atoms with Gasteiger partial charge in [0.15, 0.2) is 0 Å². The second-order valence-corrected chi connectivity index (χ2v) is 7.00. The Bertz CT molecular complexity index is 954. The second kappa shape index (κ2) is 8.59. The quantitative estimate of drug-likeness (QED) is 0.409. The minimum absolute atomic E-state index is 0.360. The molecule has 0 heterocycles. The van der Waals surface area contributed by atoms with E-state index in [1.165, 1.54) is 0 Å². The summed E-state index contributed by atoms with van der Waals surface area (Å²) in [6, 6.07) is 18.7. The fraction of sp³-hybridized carbons (Fsp3) is 0.0952. The molecular formula is C21H16Cl3NO. The summed E-state index contributed by atoms with van der Waals surface area (Å²) < 4.78 is 5.93. The maximum atomic E-state index is 6.18. The molecule has 0 saturated heterocycles. The SMILES string of the molecule is Cc1ccc(N=Cc2cc(Cl)ccc2OCc2ccccc2Cl)cc1Cl. The number of nitrogens with zero attached hydrogens (tertiary/aromatic N) is 1. The van der Waals surface area contributed by atoms with Gasteiger partial charge in [-0.2, -0.15) is 0 Å². The van der Waals surface area contributed by atoms with Crippen molar-refractivity contribution in [3.8, 4) is 5.75 Å².